The monoisotopic (exact) mass is 347 g/mol. The molecule has 1 rings (SSSR count). The van der Waals surface area contributed by atoms with Crippen LogP contribution in [-0.2, 0) is 14.5 Å². The summed E-state index contributed by atoms with van der Waals surface area (Å²) in [5, 5.41) is 0. The molecule has 1 atom stereocenters. The summed E-state index contributed by atoms with van der Waals surface area (Å²) in [4.78, 5) is 12.2. The molecule has 0 unspecified atom stereocenters. The lowest BCUT2D eigenvalue weighted by Gasteiger charge is -2.18. The van der Waals surface area contributed by atoms with Crippen LogP contribution in [0.2, 0.25) is 0 Å². The van der Waals surface area contributed by atoms with Crippen LogP contribution in [0.5, 0.6) is 0 Å². The number of carbonyl (C=O) groups excluding carboxylic acids is 1. The van der Waals surface area contributed by atoms with Gasteiger partial charge in [0.05, 0.1) is 9.73 Å². The molecule has 0 aromatic heterocycles. The Balaban J connectivity index is 3.14. The average Bonchev–Trinajstić information content (AvgIpc) is 2.26. The Morgan fingerprint density at radius 1 is 1.32 bits per heavy atom. The molecule has 0 N–H and O–H groups in total. The van der Waals surface area contributed by atoms with Gasteiger partial charge in [-0.2, -0.15) is 0 Å². The minimum atomic E-state index is -2.76. The minimum Gasteiger partial charge on any atom is -0.442 e. The second-order valence-corrected chi connectivity index (χ2v) is 8.38. The summed E-state index contributed by atoms with van der Waals surface area (Å²) in [5.74, 6) is 0.258. The van der Waals surface area contributed by atoms with E-state index in [0.29, 0.717) is 4.90 Å². The lowest BCUT2D eigenvalue weighted by Crippen LogP contribution is -2.23. The fourth-order valence-corrected chi connectivity index (χ4v) is 3.00. The number of hydrogen-bond acceptors (Lipinski definition) is 3. The van der Waals surface area contributed by atoms with Crippen molar-refractivity contribution < 1.29 is 13.7 Å². The average molecular weight is 348 g/mol. The number of carbonyl (C=O) groups is 1. The van der Waals surface area contributed by atoms with Gasteiger partial charge in [0.1, 0.15) is 5.60 Å². The molecule has 0 aliphatic rings. The van der Waals surface area contributed by atoms with E-state index in [1.54, 1.807) is 52.0 Å². The van der Waals surface area contributed by atoms with E-state index in [4.69, 9.17) is 4.74 Å². The van der Waals surface area contributed by atoms with E-state index in [2.05, 4.69) is 20.3 Å². The summed E-state index contributed by atoms with van der Waals surface area (Å²) in [6, 6.07) is 6.94. The van der Waals surface area contributed by atoms with Crippen LogP contribution in [0.25, 0.3) is 0 Å². The molecule has 0 bridgehead atoms. The standard InChI is InChI=1S/C13H18BrNO3S/c1-5-19(17,11-8-6-10(14)7-9-11)15-12(16)18-13(2,3)4/h6-9H,5H2,1-4H3/t19-/m0/s1. The molecule has 6 heteroatoms. The molecule has 0 fully saturated rings. The lowest BCUT2D eigenvalue weighted by molar-refractivity contribution is 0.0607. The zero-order valence-corrected chi connectivity index (χ0v) is 13.9. The van der Waals surface area contributed by atoms with Gasteiger partial charge < -0.3 is 4.74 Å². The van der Waals surface area contributed by atoms with E-state index in [9.17, 15) is 9.00 Å². The Morgan fingerprint density at radius 2 is 1.84 bits per heavy atom. The van der Waals surface area contributed by atoms with E-state index < -0.39 is 21.4 Å². The van der Waals surface area contributed by atoms with Crippen molar-refractivity contribution in [2.75, 3.05) is 5.75 Å². The number of amides is 1. The van der Waals surface area contributed by atoms with Crippen LogP contribution in [0.1, 0.15) is 27.7 Å². The van der Waals surface area contributed by atoms with Crippen molar-refractivity contribution in [1.29, 1.82) is 0 Å². The number of benzene rings is 1. The summed E-state index contributed by atoms with van der Waals surface area (Å²) >= 11 is 3.31. The molecule has 19 heavy (non-hydrogen) atoms. The highest BCUT2D eigenvalue weighted by molar-refractivity contribution is 9.10. The maximum absolute atomic E-state index is 12.7. The van der Waals surface area contributed by atoms with Crippen LogP contribution in [0.3, 0.4) is 0 Å². The smallest absolute Gasteiger partial charge is 0.442 e. The molecule has 106 valence electrons. The number of rotatable bonds is 2. The molecule has 1 aromatic carbocycles. The zero-order valence-electron chi connectivity index (χ0n) is 11.5. The van der Waals surface area contributed by atoms with Crippen LogP contribution in [0, 0.1) is 0 Å². The van der Waals surface area contributed by atoms with Gasteiger partial charge in [0.25, 0.3) is 0 Å². The molecule has 0 aliphatic carbocycles. The first-order chi connectivity index (χ1) is 8.66. The third kappa shape index (κ3) is 4.95. The Labute approximate surface area is 122 Å². The predicted molar refractivity (Wildman–Crippen MR) is 79.8 cm³/mol. The van der Waals surface area contributed by atoms with Crippen LogP contribution in [0.15, 0.2) is 38.0 Å². The van der Waals surface area contributed by atoms with Crippen molar-refractivity contribution in [1.82, 2.24) is 0 Å². The molecule has 0 saturated heterocycles. The second kappa shape index (κ2) is 6.05. The van der Waals surface area contributed by atoms with Gasteiger partial charge in [0, 0.05) is 15.1 Å². The van der Waals surface area contributed by atoms with Gasteiger partial charge in [-0.25, -0.2) is 9.00 Å². The predicted octanol–water partition coefficient (Wildman–Crippen LogP) is 4.23. The fraction of sp³-hybridized carbons (Fsp3) is 0.462. The Bertz CT molecular complexity index is 567. The molecule has 0 saturated carbocycles. The summed E-state index contributed by atoms with van der Waals surface area (Å²) < 4.78 is 22.4. The number of nitrogens with zero attached hydrogens (tertiary/aromatic N) is 1. The quantitative estimate of drug-likeness (QED) is 0.804. The summed E-state index contributed by atoms with van der Waals surface area (Å²) in [7, 11) is -2.76. The van der Waals surface area contributed by atoms with E-state index >= 15 is 0 Å². The normalized spacial score (nSPS) is 14.6. The Hall–Kier alpha value is -0.880. The lowest BCUT2D eigenvalue weighted by atomic mass is 10.2. The van der Waals surface area contributed by atoms with Crippen molar-refractivity contribution in [3.05, 3.63) is 28.7 Å². The van der Waals surface area contributed by atoms with Gasteiger partial charge in [-0.3, -0.25) is 0 Å². The van der Waals surface area contributed by atoms with Gasteiger partial charge in [-0.15, -0.1) is 4.36 Å². The molecule has 0 radical (unpaired) electrons. The van der Waals surface area contributed by atoms with Crippen molar-refractivity contribution >= 4 is 31.8 Å². The van der Waals surface area contributed by atoms with Gasteiger partial charge in [0.2, 0.25) is 0 Å². The third-order valence-electron chi connectivity index (χ3n) is 2.19. The van der Waals surface area contributed by atoms with Crippen molar-refractivity contribution in [2.45, 2.75) is 38.2 Å². The maximum Gasteiger partial charge on any atom is 0.442 e. The maximum atomic E-state index is 12.7. The molecule has 0 spiro atoms. The Morgan fingerprint density at radius 3 is 2.26 bits per heavy atom. The Kier molecular flexibility index (Phi) is 5.15. The number of halogens is 1. The minimum absolute atomic E-state index is 0.258. The van der Waals surface area contributed by atoms with E-state index in [1.165, 1.54) is 0 Å². The van der Waals surface area contributed by atoms with Crippen molar-refractivity contribution in [3.63, 3.8) is 0 Å². The van der Waals surface area contributed by atoms with Crippen LogP contribution in [-0.4, -0.2) is 21.7 Å². The first kappa shape index (κ1) is 16.2. The van der Waals surface area contributed by atoms with Crippen molar-refractivity contribution in [3.8, 4) is 0 Å². The van der Waals surface area contributed by atoms with Gasteiger partial charge >= 0.3 is 6.09 Å². The van der Waals surface area contributed by atoms with Crippen LogP contribution < -0.4 is 0 Å². The zero-order chi connectivity index (χ0) is 14.7. The third-order valence-corrected chi connectivity index (χ3v) is 4.95. The topological polar surface area (TPSA) is 55.7 Å². The van der Waals surface area contributed by atoms with Gasteiger partial charge in [-0.1, -0.05) is 22.9 Å². The van der Waals surface area contributed by atoms with E-state index in [-0.39, 0.29) is 5.75 Å². The molecular weight excluding hydrogens is 330 g/mol. The van der Waals surface area contributed by atoms with E-state index in [0.717, 1.165) is 4.47 Å². The molecular formula is C13H18BrNO3S. The second-order valence-electron chi connectivity index (χ2n) is 4.95. The van der Waals surface area contributed by atoms with Crippen LogP contribution in [0.4, 0.5) is 4.79 Å². The van der Waals surface area contributed by atoms with Crippen molar-refractivity contribution in [2.24, 2.45) is 4.36 Å². The number of hydrogen-bond donors (Lipinski definition) is 0. The summed E-state index contributed by atoms with van der Waals surface area (Å²) in [6.07, 6.45) is -0.790. The molecule has 0 heterocycles. The van der Waals surface area contributed by atoms with Gasteiger partial charge in [-0.05, 0) is 45.0 Å². The fourth-order valence-electron chi connectivity index (χ4n) is 1.33. The van der Waals surface area contributed by atoms with Crippen LogP contribution >= 0.6 is 15.9 Å². The molecule has 1 amide bonds. The first-order valence-corrected chi connectivity index (χ1v) is 8.37. The first-order valence-electron chi connectivity index (χ1n) is 5.90. The highest BCUT2D eigenvalue weighted by atomic mass is 79.9. The van der Waals surface area contributed by atoms with Gasteiger partial charge in [0.15, 0.2) is 0 Å². The number of ether oxygens (including phenoxy) is 1. The summed E-state index contributed by atoms with van der Waals surface area (Å²) in [5.41, 5.74) is -0.644. The summed E-state index contributed by atoms with van der Waals surface area (Å²) in [6.45, 7) is 6.97. The molecule has 1 aromatic rings. The highest BCUT2D eigenvalue weighted by Gasteiger charge is 2.19. The molecule has 0 aliphatic heterocycles. The molecule has 4 nitrogen and oxygen atoms in total. The largest absolute Gasteiger partial charge is 0.442 e. The van der Waals surface area contributed by atoms with E-state index in [1.807, 2.05) is 0 Å². The SMILES string of the molecule is CC[S@@](=O)(=NC(=O)OC(C)(C)C)c1ccc(Br)cc1. The highest BCUT2D eigenvalue weighted by Crippen LogP contribution is 2.19.